The van der Waals surface area contributed by atoms with E-state index in [2.05, 4.69) is 23.5 Å². The fourth-order valence-corrected chi connectivity index (χ4v) is 3.74. The molecule has 0 saturated heterocycles. The summed E-state index contributed by atoms with van der Waals surface area (Å²) in [6.07, 6.45) is 0. The zero-order chi connectivity index (χ0) is 23.1. The van der Waals surface area contributed by atoms with Crippen molar-refractivity contribution in [3.8, 4) is 5.75 Å². The third-order valence-corrected chi connectivity index (χ3v) is 5.42. The molecule has 0 aromatic heterocycles. The summed E-state index contributed by atoms with van der Waals surface area (Å²) in [4.78, 5) is 28.8. The number of benzene rings is 3. The molecule has 168 valence electrons. The van der Waals surface area contributed by atoms with Crippen LogP contribution < -0.4 is 10.1 Å². The van der Waals surface area contributed by atoms with E-state index >= 15 is 0 Å². The van der Waals surface area contributed by atoms with Gasteiger partial charge in [0.2, 0.25) is 5.91 Å². The fourth-order valence-electron chi connectivity index (χ4n) is 3.74. The third-order valence-electron chi connectivity index (χ3n) is 5.42. The minimum Gasteiger partial charge on any atom is -0.497 e. The second kappa shape index (κ2) is 10.8. The van der Waals surface area contributed by atoms with Crippen molar-refractivity contribution in [2.45, 2.75) is 20.4 Å². The van der Waals surface area contributed by atoms with Gasteiger partial charge >= 0.3 is 0 Å². The number of hydrogen-bond donors (Lipinski definition) is 1. The highest BCUT2D eigenvalue weighted by Crippen LogP contribution is 2.22. The second-order valence-corrected chi connectivity index (χ2v) is 7.83. The van der Waals surface area contributed by atoms with Gasteiger partial charge in [-0.25, -0.2) is 0 Å². The number of methoxy groups -OCH3 is 1. The van der Waals surface area contributed by atoms with Gasteiger partial charge < -0.3 is 15.0 Å². The minimum atomic E-state index is -0.120. The molecule has 0 heterocycles. The molecule has 0 atom stereocenters. The summed E-state index contributed by atoms with van der Waals surface area (Å²) in [6, 6.07) is 19.4. The Labute approximate surface area is 189 Å². The van der Waals surface area contributed by atoms with Crippen molar-refractivity contribution < 1.29 is 14.3 Å². The van der Waals surface area contributed by atoms with E-state index in [0.29, 0.717) is 30.9 Å². The largest absolute Gasteiger partial charge is 0.497 e. The molecule has 0 fully saturated rings. The van der Waals surface area contributed by atoms with Crippen LogP contribution in [0.3, 0.4) is 0 Å². The number of likely N-dealkylation sites (N-methyl/N-ethyl adjacent to an activating group) is 1. The first-order chi connectivity index (χ1) is 15.4. The van der Waals surface area contributed by atoms with Gasteiger partial charge in [-0.2, -0.15) is 0 Å². The van der Waals surface area contributed by atoms with E-state index in [-0.39, 0.29) is 18.4 Å². The third kappa shape index (κ3) is 5.86. The highest BCUT2D eigenvalue weighted by molar-refractivity contribution is 5.97. The van der Waals surface area contributed by atoms with Crippen molar-refractivity contribution in [2.24, 2.45) is 0 Å². The van der Waals surface area contributed by atoms with Crippen molar-refractivity contribution in [1.29, 1.82) is 0 Å². The van der Waals surface area contributed by atoms with Gasteiger partial charge in [0, 0.05) is 30.9 Å². The van der Waals surface area contributed by atoms with E-state index in [1.807, 2.05) is 44.0 Å². The standard InChI is InChI=1S/C26H31N3O3/c1-5-29(6-2)26(31)22-8-7-9-23(15-22)27-25(30)18-28(3)17-19-10-11-21-16-24(32-4)13-12-20(21)14-19/h7-16H,5-6,17-18H2,1-4H3,(H,27,30). The molecule has 0 aliphatic rings. The molecule has 3 rings (SSSR count). The molecule has 6 heteroatoms. The number of carbonyl (C=O) groups is 2. The fraction of sp³-hybridized carbons (Fsp3) is 0.308. The van der Waals surface area contributed by atoms with E-state index in [4.69, 9.17) is 4.74 Å². The van der Waals surface area contributed by atoms with E-state index in [1.165, 1.54) is 0 Å². The van der Waals surface area contributed by atoms with Crippen LogP contribution in [0.15, 0.2) is 60.7 Å². The zero-order valence-electron chi connectivity index (χ0n) is 19.2. The number of hydrogen-bond acceptors (Lipinski definition) is 4. The summed E-state index contributed by atoms with van der Waals surface area (Å²) < 4.78 is 5.28. The molecular formula is C26H31N3O3. The lowest BCUT2D eigenvalue weighted by Crippen LogP contribution is -2.31. The van der Waals surface area contributed by atoms with Crippen LogP contribution in [-0.4, -0.2) is 55.4 Å². The first-order valence-electron chi connectivity index (χ1n) is 10.9. The van der Waals surface area contributed by atoms with Gasteiger partial charge in [0.05, 0.1) is 13.7 Å². The van der Waals surface area contributed by atoms with Crippen molar-refractivity contribution in [3.05, 3.63) is 71.8 Å². The molecule has 2 amide bonds. The monoisotopic (exact) mass is 433 g/mol. The van der Waals surface area contributed by atoms with Gasteiger partial charge in [0.25, 0.3) is 5.91 Å². The number of anilines is 1. The number of nitrogens with zero attached hydrogens (tertiary/aromatic N) is 2. The summed E-state index contributed by atoms with van der Waals surface area (Å²) in [5, 5.41) is 5.16. The predicted octanol–water partition coefficient (Wildman–Crippen LogP) is 4.40. The lowest BCUT2D eigenvalue weighted by Gasteiger charge is -2.19. The van der Waals surface area contributed by atoms with Crippen LogP contribution in [0, 0.1) is 0 Å². The van der Waals surface area contributed by atoms with Crippen LogP contribution in [0.5, 0.6) is 5.75 Å². The Balaban J connectivity index is 1.60. The molecule has 1 N–H and O–H groups in total. The normalized spacial score (nSPS) is 10.9. The Morgan fingerprint density at radius 3 is 2.38 bits per heavy atom. The Morgan fingerprint density at radius 2 is 1.66 bits per heavy atom. The maximum absolute atomic E-state index is 12.6. The van der Waals surface area contributed by atoms with Crippen LogP contribution in [-0.2, 0) is 11.3 Å². The molecule has 6 nitrogen and oxygen atoms in total. The lowest BCUT2D eigenvalue weighted by molar-refractivity contribution is -0.117. The van der Waals surface area contributed by atoms with E-state index < -0.39 is 0 Å². The molecule has 0 aliphatic carbocycles. The van der Waals surface area contributed by atoms with Gasteiger partial charge in [0.15, 0.2) is 0 Å². The van der Waals surface area contributed by atoms with E-state index in [1.54, 1.807) is 36.3 Å². The molecule has 32 heavy (non-hydrogen) atoms. The zero-order valence-corrected chi connectivity index (χ0v) is 19.2. The molecular weight excluding hydrogens is 402 g/mol. The maximum Gasteiger partial charge on any atom is 0.253 e. The van der Waals surface area contributed by atoms with Crippen molar-refractivity contribution in [3.63, 3.8) is 0 Å². The first kappa shape index (κ1) is 23.3. The number of rotatable bonds is 9. The molecule has 0 bridgehead atoms. The van der Waals surface area contributed by atoms with Crippen LogP contribution in [0.1, 0.15) is 29.8 Å². The average molecular weight is 434 g/mol. The molecule has 0 saturated carbocycles. The van der Waals surface area contributed by atoms with Crippen molar-refractivity contribution in [2.75, 3.05) is 39.1 Å². The quantitative estimate of drug-likeness (QED) is 0.543. The number of nitrogens with one attached hydrogen (secondary N) is 1. The molecule has 0 aliphatic heterocycles. The molecule has 0 spiro atoms. The lowest BCUT2D eigenvalue weighted by atomic mass is 10.1. The van der Waals surface area contributed by atoms with Gasteiger partial charge in [-0.15, -0.1) is 0 Å². The SMILES string of the molecule is CCN(CC)C(=O)c1cccc(NC(=O)CN(C)Cc2ccc3cc(OC)ccc3c2)c1. The molecule has 3 aromatic rings. The number of fused-ring (bicyclic) bond motifs is 1. The van der Waals surface area contributed by atoms with E-state index in [9.17, 15) is 9.59 Å². The first-order valence-corrected chi connectivity index (χ1v) is 10.9. The van der Waals surface area contributed by atoms with Crippen LogP contribution in [0.4, 0.5) is 5.69 Å². The number of carbonyl (C=O) groups excluding carboxylic acids is 2. The summed E-state index contributed by atoms with van der Waals surface area (Å²) in [5.41, 5.74) is 2.33. The Bertz CT molecular complexity index is 1090. The second-order valence-electron chi connectivity index (χ2n) is 7.83. The van der Waals surface area contributed by atoms with Gasteiger partial charge in [-0.3, -0.25) is 14.5 Å². The van der Waals surface area contributed by atoms with Crippen molar-refractivity contribution in [1.82, 2.24) is 9.80 Å². The number of ether oxygens (including phenoxy) is 1. The average Bonchev–Trinajstić information content (AvgIpc) is 2.79. The Morgan fingerprint density at radius 1 is 0.938 bits per heavy atom. The predicted molar refractivity (Wildman–Crippen MR) is 129 cm³/mol. The molecule has 3 aromatic carbocycles. The highest BCUT2D eigenvalue weighted by Gasteiger charge is 2.14. The molecule has 0 unspecified atom stereocenters. The van der Waals surface area contributed by atoms with Crippen LogP contribution in [0.2, 0.25) is 0 Å². The smallest absolute Gasteiger partial charge is 0.253 e. The minimum absolute atomic E-state index is 0.0304. The topological polar surface area (TPSA) is 61.9 Å². The summed E-state index contributed by atoms with van der Waals surface area (Å²) in [7, 11) is 3.58. The van der Waals surface area contributed by atoms with Gasteiger partial charge in [-0.1, -0.05) is 24.3 Å². The molecule has 0 radical (unpaired) electrons. The summed E-state index contributed by atoms with van der Waals surface area (Å²) in [5.74, 6) is 0.685. The Hall–Kier alpha value is -3.38. The van der Waals surface area contributed by atoms with Crippen molar-refractivity contribution >= 4 is 28.3 Å². The summed E-state index contributed by atoms with van der Waals surface area (Å²) >= 11 is 0. The van der Waals surface area contributed by atoms with Gasteiger partial charge in [0.1, 0.15) is 5.75 Å². The Kier molecular flexibility index (Phi) is 7.84. The number of amides is 2. The van der Waals surface area contributed by atoms with E-state index in [0.717, 1.165) is 22.1 Å². The van der Waals surface area contributed by atoms with Gasteiger partial charge in [-0.05, 0) is 73.6 Å². The van der Waals surface area contributed by atoms with Crippen LogP contribution in [0.25, 0.3) is 10.8 Å². The highest BCUT2D eigenvalue weighted by atomic mass is 16.5. The maximum atomic E-state index is 12.6. The summed E-state index contributed by atoms with van der Waals surface area (Å²) in [6.45, 7) is 6.10. The van der Waals surface area contributed by atoms with Crippen LogP contribution >= 0.6 is 0 Å².